The Morgan fingerprint density at radius 3 is 2.82 bits per heavy atom. The lowest BCUT2D eigenvalue weighted by Crippen LogP contribution is -1.90. The molecule has 0 aliphatic carbocycles. The Morgan fingerprint density at radius 1 is 1.23 bits per heavy atom. The van der Waals surface area contributed by atoms with Crippen molar-refractivity contribution in [2.24, 2.45) is 5.10 Å². The van der Waals surface area contributed by atoms with Crippen LogP contribution < -0.4 is 5.43 Å². The Bertz CT molecular complexity index is 816. The first kappa shape index (κ1) is 13.9. The molecule has 0 atom stereocenters. The van der Waals surface area contributed by atoms with Crippen LogP contribution in [0.1, 0.15) is 11.1 Å². The van der Waals surface area contributed by atoms with E-state index in [9.17, 15) is 0 Å². The molecule has 2 aromatic heterocycles. The molecule has 2 heterocycles. The van der Waals surface area contributed by atoms with Crippen LogP contribution in [0, 0.1) is 11.3 Å². The fourth-order valence-corrected chi connectivity index (χ4v) is 2.46. The quantitative estimate of drug-likeness (QED) is 0.591. The SMILES string of the molecule is N#Cc1ccc(-c2csc(N/N=C/c3cccnc3)n2)cc1. The predicted molar refractivity (Wildman–Crippen MR) is 87.7 cm³/mol. The van der Waals surface area contributed by atoms with Crippen LogP contribution in [0.25, 0.3) is 11.3 Å². The van der Waals surface area contributed by atoms with Crippen LogP contribution >= 0.6 is 11.3 Å². The maximum Gasteiger partial charge on any atom is 0.203 e. The van der Waals surface area contributed by atoms with Gasteiger partial charge in [-0.1, -0.05) is 18.2 Å². The van der Waals surface area contributed by atoms with Gasteiger partial charge in [-0.3, -0.25) is 10.4 Å². The van der Waals surface area contributed by atoms with Crippen LogP contribution in [-0.4, -0.2) is 16.2 Å². The van der Waals surface area contributed by atoms with Gasteiger partial charge in [0.15, 0.2) is 0 Å². The molecular formula is C16H11N5S. The van der Waals surface area contributed by atoms with Crippen LogP contribution in [-0.2, 0) is 0 Å². The van der Waals surface area contributed by atoms with Gasteiger partial charge in [0, 0.05) is 28.9 Å². The summed E-state index contributed by atoms with van der Waals surface area (Å²) in [6, 6.07) is 13.2. The molecule has 6 heteroatoms. The zero-order valence-electron chi connectivity index (χ0n) is 11.5. The third kappa shape index (κ3) is 3.34. The normalized spacial score (nSPS) is 10.5. The minimum absolute atomic E-state index is 0.637. The second-order valence-electron chi connectivity index (χ2n) is 4.38. The van der Waals surface area contributed by atoms with Gasteiger partial charge in [-0.25, -0.2) is 4.98 Å². The number of benzene rings is 1. The summed E-state index contributed by atoms with van der Waals surface area (Å²) in [6.45, 7) is 0. The summed E-state index contributed by atoms with van der Waals surface area (Å²) in [7, 11) is 0. The standard InChI is InChI=1S/C16H11N5S/c17-8-12-3-5-14(6-4-12)15-11-22-16(20-15)21-19-10-13-2-1-7-18-9-13/h1-7,9-11H,(H,20,21)/b19-10+. The number of rotatable bonds is 4. The molecule has 0 amide bonds. The molecule has 22 heavy (non-hydrogen) atoms. The monoisotopic (exact) mass is 305 g/mol. The number of nitrogens with zero attached hydrogens (tertiary/aromatic N) is 4. The summed E-state index contributed by atoms with van der Waals surface area (Å²) in [6.07, 6.45) is 5.14. The number of aromatic nitrogens is 2. The highest BCUT2D eigenvalue weighted by molar-refractivity contribution is 7.14. The van der Waals surface area contributed by atoms with Gasteiger partial charge in [0.05, 0.1) is 23.5 Å². The van der Waals surface area contributed by atoms with E-state index in [0.717, 1.165) is 16.8 Å². The topological polar surface area (TPSA) is 74.0 Å². The summed E-state index contributed by atoms with van der Waals surface area (Å²) < 4.78 is 0. The van der Waals surface area contributed by atoms with Crippen molar-refractivity contribution in [2.45, 2.75) is 0 Å². The fraction of sp³-hybridized carbons (Fsp3) is 0. The molecular weight excluding hydrogens is 294 g/mol. The molecule has 1 N–H and O–H groups in total. The van der Waals surface area contributed by atoms with Crippen LogP contribution in [0.15, 0.2) is 59.3 Å². The molecule has 106 valence electrons. The van der Waals surface area contributed by atoms with Crippen molar-refractivity contribution in [1.29, 1.82) is 5.26 Å². The average Bonchev–Trinajstić information content (AvgIpc) is 3.05. The van der Waals surface area contributed by atoms with Gasteiger partial charge in [-0.2, -0.15) is 10.4 Å². The molecule has 0 saturated carbocycles. The van der Waals surface area contributed by atoms with Crippen molar-refractivity contribution in [1.82, 2.24) is 9.97 Å². The van der Waals surface area contributed by atoms with Gasteiger partial charge < -0.3 is 0 Å². The van der Waals surface area contributed by atoms with Gasteiger partial charge in [-0.15, -0.1) is 11.3 Å². The molecule has 3 rings (SSSR count). The second-order valence-corrected chi connectivity index (χ2v) is 5.24. The Labute approximate surface area is 131 Å². The molecule has 0 aliphatic rings. The molecule has 5 nitrogen and oxygen atoms in total. The van der Waals surface area contributed by atoms with E-state index in [-0.39, 0.29) is 0 Å². The molecule has 0 aliphatic heterocycles. The Morgan fingerprint density at radius 2 is 2.09 bits per heavy atom. The summed E-state index contributed by atoms with van der Waals surface area (Å²) in [5.74, 6) is 0. The average molecular weight is 305 g/mol. The minimum atomic E-state index is 0.637. The number of nitriles is 1. The third-order valence-electron chi connectivity index (χ3n) is 2.87. The third-order valence-corrected chi connectivity index (χ3v) is 3.62. The van der Waals surface area contributed by atoms with Crippen LogP contribution in [0.5, 0.6) is 0 Å². The maximum absolute atomic E-state index is 8.80. The van der Waals surface area contributed by atoms with E-state index in [2.05, 4.69) is 26.6 Å². The fourth-order valence-electron chi connectivity index (χ4n) is 1.79. The molecule has 0 spiro atoms. The van der Waals surface area contributed by atoms with E-state index in [1.54, 1.807) is 30.7 Å². The highest BCUT2D eigenvalue weighted by Crippen LogP contribution is 2.25. The van der Waals surface area contributed by atoms with Gasteiger partial charge in [0.25, 0.3) is 0 Å². The van der Waals surface area contributed by atoms with E-state index >= 15 is 0 Å². The Balaban J connectivity index is 1.68. The molecule has 0 unspecified atom stereocenters. The van der Waals surface area contributed by atoms with E-state index < -0.39 is 0 Å². The largest absolute Gasteiger partial charge is 0.264 e. The van der Waals surface area contributed by atoms with Crippen molar-refractivity contribution in [2.75, 3.05) is 5.43 Å². The van der Waals surface area contributed by atoms with E-state index in [1.165, 1.54) is 11.3 Å². The number of hydrogen-bond acceptors (Lipinski definition) is 6. The number of nitrogens with one attached hydrogen (secondary N) is 1. The molecule has 0 bridgehead atoms. The van der Waals surface area contributed by atoms with Crippen LogP contribution in [0.2, 0.25) is 0 Å². The zero-order valence-corrected chi connectivity index (χ0v) is 12.3. The van der Waals surface area contributed by atoms with Crippen molar-refractivity contribution in [3.05, 3.63) is 65.3 Å². The predicted octanol–water partition coefficient (Wildman–Crippen LogP) is 3.52. The van der Waals surface area contributed by atoms with Crippen molar-refractivity contribution in [3.63, 3.8) is 0 Å². The second kappa shape index (κ2) is 6.61. The van der Waals surface area contributed by atoms with Gasteiger partial charge in [-0.05, 0) is 18.2 Å². The first-order valence-electron chi connectivity index (χ1n) is 6.50. The summed E-state index contributed by atoms with van der Waals surface area (Å²) in [5.41, 5.74) is 6.28. The smallest absolute Gasteiger partial charge is 0.203 e. The number of hydrogen-bond donors (Lipinski definition) is 1. The van der Waals surface area contributed by atoms with Gasteiger partial charge in [0.1, 0.15) is 0 Å². The maximum atomic E-state index is 8.80. The van der Waals surface area contributed by atoms with Crippen molar-refractivity contribution < 1.29 is 0 Å². The first-order chi connectivity index (χ1) is 10.8. The van der Waals surface area contributed by atoms with Crippen molar-refractivity contribution in [3.8, 4) is 17.3 Å². The lowest BCUT2D eigenvalue weighted by Gasteiger charge is -1.96. The lowest BCUT2D eigenvalue weighted by molar-refractivity contribution is 1.28. The molecule has 1 aromatic carbocycles. The number of thiazole rings is 1. The van der Waals surface area contributed by atoms with Crippen LogP contribution in [0.4, 0.5) is 5.13 Å². The Kier molecular flexibility index (Phi) is 4.18. The highest BCUT2D eigenvalue weighted by atomic mass is 32.1. The first-order valence-corrected chi connectivity index (χ1v) is 7.38. The highest BCUT2D eigenvalue weighted by Gasteiger charge is 2.03. The number of hydrazone groups is 1. The van der Waals surface area contributed by atoms with E-state index in [0.29, 0.717) is 10.7 Å². The summed E-state index contributed by atoms with van der Waals surface area (Å²) in [4.78, 5) is 8.48. The van der Waals surface area contributed by atoms with Gasteiger partial charge >= 0.3 is 0 Å². The van der Waals surface area contributed by atoms with Gasteiger partial charge in [0.2, 0.25) is 5.13 Å². The molecule has 0 fully saturated rings. The summed E-state index contributed by atoms with van der Waals surface area (Å²) in [5, 5.41) is 15.6. The Hall–Kier alpha value is -3.04. The molecule has 3 aromatic rings. The molecule has 0 saturated heterocycles. The minimum Gasteiger partial charge on any atom is -0.264 e. The lowest BCUT2D eigenvalue weighted by atomic mass is 10.1. The van der Waals surface area contributed by atoms with E-state index in [4.69, 9.17) is 5.26 Å². The number of pyridine rings is 1. The number of anilines is 1. The van der Waals surface area contributed by atoms with Crippen molar-refractivity contribution >= 4 is 22.7 Å². The zero-order chi connectivity index (χ0) is 15.2. The molecule has 0 radical (unpaired) electrons. The van der Waals surface area contributed by atoms with Crippen LogP contribution in [0.3, 0.4) is 0 Å². The summed E-state index contributed by atoms with van der Waals surface area (Å²) >= 11 is 1.47. The van der Waals surface area contributed by atoms with E-state index in [1.807, 2.05) is 29.6 Å².